The van der Waals surface area contributed by atoms with E-state index in [1.54, 1.807) is 0 Å². The van der Waals surface area contributed by atoms with Crippen molar-refractivity contribution in [1.29, 1.82) is 0 Å². The predicted octanol–water partition coefficient (Wildman–Crippen LogP) is 1.46. The van der Waals surface area contributed by atoms with E-state index >= 15 is 0 Å². The molecular weight excluding hydrogens is 122 g/mol. The minimum absolute atomic E-state index is 0.0428. The summed E-state index contributed by atoms with van der Waals surface area (Å²) in [6, 6.07) is 0. The molecular formula is C9H15N. The molecule has 1 nitrogen and oxygen atoms in total. The Labute approximate surface area is 63.0 Å². The largest absolute Gasteiger partial charge is 0.330 e. The van der Waals surface area contributed by atoms with Crippen molar-refractivity contribution in [1.82, 2.24) is 0 Å². The first kappa shape index (κ1) is 6.66. The molecule has 10 heavy (non-hydrogen) atoms. The van der Waals surface area contributed by atoms with E-state index in [1.807, 2.05) is 0 Å². The van der Waals surface area contributed by atoms with Gasteiger partial charge in [-0.2, -0.15) is 0 Å². The third-order valence-electron chi connectivity index (χ3n) is 3.42. The molecule has 0 amide bonds. The summed E-state index contributed by atoms with van der Waals surface area (Å²) in [5.74, 6) is 1.71. The lowest BCUT2D eigenvalue weighted by Gasteiger charge is -2.49. The zero-order valence-corrected chi connectivity index (χ0v) is 6.34. The molecule has 0 aromatic heterocycles. The highest BCUT2D eigenvalue weighted by molar-refractivity contribution is 5.05. The second kappa shape index (κ2) is 1.97. The normalized spacial score (nSPS) is 52.2. The molecule has 2 fully saturated rings. The smallest absolute Gasteiger partial charge is 0.00148 e. The van der Waals surface area contributed by atoms with Gasteiger partial charge in [-0.1, -0.05) is 12.8 Å². The topological polar surface area (TPSA) is 26.0 Å². The zero-order chi connectivity index (χ0) is 7.19. The fourth-order valence-corrected chi connectivity index (χ4v) is 2.75. The van der Waals surface area contributed by atoms with Gasteiger partial charge in [-0.3, -0.25) is 0 Å². The van der Waals surface area contributed by atoms with Crippen molar-refractivity contribution < 1.29 is 0 Å². The SMILES string of the molecule is [CH][C@]1(CN)C[C@H]2CCC[C@H]21. The molecule has 0 heterocycles. The second-order valence-electron chi connectivity index (χ2n) is 3.94. The summed E-state index contributed by atoms with van der Waals surface area (Å²) in [5.41, 5.74) is 5.64. The minimum Gasteiger partial charge on any atom is -0.330 e. The summed E-state index contributed by atoms with van der Waals surface area (Å²) in [7, 11) is 0. The van der Waals surface area contributed by atoms with Gasteiger partial charge in [-0.25, -0.2) is 0 Å². The Bertz CT molecular complexity index is 144. The van der Waals surface area contributed by atoms with Crippen LogP contribution >= 0.6 is 0 Å². The van der Waals surface area contributed by atoms with E-state index in [1.165, 1.54) is 25.7 Å². The van der Waals surface area contributed by atoms with E-state index in [0.717, 1.165) is 11.8 Å². The molecule has 0 aromatic rings. The lowest BCUT2D eigenvalue weighted by Crippen LogP contribution is -2.48. The molecule has 3 atom stereocenters. The molecule has 56 valence electrons. The van der Waals surface area contributed by atoms with Crippen LogP contribution < -0.4 is 5.73 Å². The van der Waals surface area contributed by atoms with Crippen LogP contribution in [0.5, 0.6) is 0 Å². The van der Waals surface area contributed by atoms with Crippen LogP contribution in [0.2, 0.25) is 0 Å². The predicted molar refractivity (Wildman–Crippen MR) is 41.2 cm³/mol. The maximum absolute atomic E-state index is 6.06. The van der Waals surface area contributed by atoms with Crippen molar-refractivity contribution in [2.24, 2.45) is 23.0 Å². The van der Waals surface area contributed by atoms with E-state index in [9.17, 15) is 0 Å². The highest BCUT2D eigenvalue weighted by Gasteiger charge is 2.51. The standard InChI is InChI=1S/C9H15N/c1-9(6-10)5-7-3-2-4-8(7)9/h1,7-8H,2-6,10H2/t7-,8-,9-/m1/s1. The number of hydrogen-bond donors (Lipinski definition) is 1. The number of fused-ring (bicyclic) bond motifs is 1. The minimum atomic E-state index is 0.0428. The van der Waals surface area contributed by atoms with Gasteiger partial charge in [0, 0.05) is 0 Å². The Balaban J connectivity index is 2.05. The molecule has 0 saturated heterocycles. The molecule has 0 spiro atoms. The molecule has 0 unspecified atom stereocenters. The van der Waals surface area contributed by atoms with Crippen LogP contribution in [0.4, 0.5) is 0 Å². The molecule has 2 aliphatic rings. The van der Waals surface area contributed by atoms with Gasteiger partial charge in [0.1, 0.15) is 0 Å². The number of nitrogens with two attached hydrogens (primary N) is 1. The second-order valence-corrected chi connectivity index (χ2v) is 3.94. The first-order valence-corrected chi connectivity index (χ1v) is 4.25. The highest BCUT2D eigenvalue weighted by Crippen LogP contribution is 2.57. The molecule has 2 radical (unpaired) electrons. The molecule has 1 heteroatoms. The maximum Gasteiger partial charge on any atom is -0.00148 e. The van der Waals surface area contributed by atoms with Gasteiger partial charge in [0.05, 0.1) is 0 Å². The average Bonchev–Trinajstić information content (AvgIpc) is 2.30. The third-order valence-corrected chi connectivity index (χ3v) is 3.42. The van der Waals surface area contributed by atoms with Gasteiger partial charge in [0.25, 0.3) is 0 Å². The number of hydrogen-bond acceptors (Lipinski definition) is 1. The van der Waals surface area contributed by atoms with Crippen molar-refractivity contribution in [2.75, 3.05) is 6.54 Å². The van der Waals surface area contributed by atoms with E-state index in [4.69, 9.17) is 12.7 Å². The number of rotatable bonds is 1. The Hall–Kier alpha value is -0.0400. The molecule has 2 N–H and O–H groups in total. The summed E-state index contributed by atoms with van der Waals surface area (Å²) in [6.07, 6.45) is 5.31. The van der Waals surface area contributed by atoms with Gasteiger partial charge in [-0.15, -0.1) is 0 Å². The molecule has 2 rings (SSSR count). The van der Waals surface area contributed by atoms with Crippen LogP contribution in [0, 0.1) is 24.2 Å². The average molecular weight is 137 g/mol. The molecule has 0 bridgehead atoms. The molecule has 2 saturated carbocycles. The Kier molecular flexibility index (Phi) is 1.31. The monoisotopic (exact) mass is 137 g/mol. The Morgan fingerprint density at radius 3 is 2.90 bits per heavy atom. The van der Waals surface area contributed by atoms with Crippen molar-refractivity contribution in [3.05, 3.63) is 6.92 Å². The summed E-state index contributed by atoms with van der Waals surface area (Å²) in [4.78, 5) is 0. The van der Waals surface area contributed by atoms with Crippen LogP contribution in [0.1, 0.15) is 25.7 Å². The van der Waals surface area contributed by atoms with Gasteiger partial charge < -0.3 is 5.73 Å². The van der Waals surface area contributed by atoms with Gasteiger partial charge in [0.15, 0.2) is 0 Å². The Morgan fingerprint density at radius 2 is 2.30 bits per heavy atom. The summed E-state index contributed by atoms with van der Waals surface area (Å²) >= 11 is 0. The van der Waals surface area contributed by atoms with Gasteiger partial charge in [-0.05, 0) is 43.6 Å². The fourth-order valence-electron chi connectivity index (χ4n) is 2.75. The van der Waals surface area contributed by atoms with Crippen LogP contribution in [0.3, 0.4) is 0 Å². The summed E-state index contributed by atoms with van der Waals surface area (Å²) < 4.78 is 0. The van der Waals surface area contributed by atoms with Crippen LogP contribution in [-0.2, 0) is 0 Å². The van der Waals surface area contributed by atoms with Crippen molar-refractivity contribution in [3.63, 3.8) is 0 Å². The zero-order valence-electron chi connectivity index (χ0n) is 6.34. The van der Waals surface area contributed by atoms with Crippen molar-refractivity contribution >= 4 is 0 Å². The van der Waals surface area contributed by atoms with E-state index in [2.05, 4.69) is 0 Å². The Morgan fingerprint density at radius 1 is 1.50 bits per heavy atom. The van der Waals surface area contributed by atoms with E-state index < -0.39 is 0 Å². The molecule has 2 aliphatic carbocycles. The molecule has 0 aliphatic heterocycles. The van der Waals surface area contributed by atoms with E-state index in [-0.39, 0.29) is 5.41 Å². The summed E-state index contributed by atoms with van der Waals surface area (Å²) in [6.45, 7) is 6.75. The lowest BCUT2D eigenvalue weighted by atomic mass is 9.56. The quantitative estimate of drug-likeness (QED) is 0.581. The first-order chi connectivity index (χ1) is 4.76. The fraction of sp³-hybridized carbons (Fsp3) is 0.889. The lowest BCUT2D eigenvalue weighted by molar-refractivity contribution is 0.0311. The van der Waals surface area contributed by atoms with Crippen molar-refractivity contribution in [3.8, 4) is 0 Å². The van der Waals surface area contributed by atoms with Crippen LogP contribution in [-0.4, -0.2) is 6.54 Å². The maximum atomic E-state index is 6.06. The van der Waals surface area contributed by atoms with Crippen molar-refractivity contribution in [2.45, 2.75) is 25.7 Å². The third kappa shape index (κ3) is 0.672. The summed E-state index contributed by atoms with van der Waals surface area (Å²) in [5, 5.41) is 0. The van der Waals surface area contributed by atoms with Crippen LogP contribution in [0.15, 0.2) is 0 Å². The highest BCUT2D eigenvalue weighted by atomic mass is 14.7. The van der Waals surface area contributed by atoms with Gasteiger partial charge in [0.2, 0.25) is 0 Å². The van der Waals surface area contributed by atoms with Gasteiger partial charge >= 0.3 is 0 Å². The van der Waals surface area contributed by atoms with Crippen LogP contribution in [0.25, 0.3) is 0 Å². The van der Waals surface area contributed by atoms with E-state index in [0.29, 0.717) is 6.54 Å². The molecule has 0 aromatic carbocycles. The first-order valence-electron chi connectivity index (χ1n) is 4.25.